The fourth-order valence-electron chi connectivity index (χ4n) is 11.9. The molecule has 0 spiro atoms. The summed E-state index contributed by atoms with van der Waals surface area (Å²) in [4.78, 5) is 192. The average molecular weight is 1570 g/mol. The molecular weight excluding hydrogens is 1470 g/mol. The highest BCUT2D eigenvalue weighted by Crippen LogP contribution is 2.25. The van der Waals surface area contributed by atoms with E-state index >= 15 is 24.0 Å². The lowest BCUT2D eigenvalue weighted by Crippen LogP contribution is -2.63. The molecule has 23 N–H and O–H groups in total. The van der Waals surface area contributed by atoms with Crippen molar-refractivity contribution in [1.29, 1.82) is 0 Å². The van der Waals surface area contributed by atoms with Crippen molar-refractivity contribution < 1.29 is 87.9 Å². The summed E-state index contributed by atoms with van der Waals surface area (Å²) in [5.74, 6) is -15.3. The Morgan fingerprint density at radius 1 is 0.545 bits per heavy atom. The second-order valence-corrected chi connectivity index (χ2v) is 29.9. The third-order valence-corrected chi connectivity index (χ3v) is 20.6. The highest BCUT2D eigenvalue weighted by Gasteiger charge is 2.40. The molecule has 7 rings (SSSR count). The number of fused-ring (bicyclic) bond motifs is 8. The number of carboxylic acid groups (broad SMARTS) is 1. The number of benzene rings is 4. The van der Waals surface area contributed by atoms with E-state index in [1.807, 2.05) is 13.8 Å². The number of unbranched alkanes of at least 4 members (excludes halogenated alkanes) is 1. The summed E-state index contributed by atoms with van der Waals surface area (Å²) in [5, 5.41) is 87.5. The van der Waals surface area contributed by atoms with Crippen LogP contribution in [0.4, 0.5) is 0 Å². The van der Waals surface area contributed by atoms with Gasteiger partial charge in [0.05, 0.1) is 24.9 Å². The van der Waals surface area contributed by atoms with E-state index in [4.69, 9.17) is 11.5 Å². The van der Waals surface area contributed by atoms with Gasteiger partial charge in [-0.15, -0.1) is 0 Å². The minimum absolute atomic E-state index is 0.0594. The van der Waals surface area contributed by atoms with Gasteiger partial charge in [0.1, 0.15) is 72.2 Å². The Hall–Kier alpha value is -10.2. The molecule has 596 valence electrons. The van der Waals surface area contributed by atoms with Crippen LogP contribution in [0.15, 0.2) is 109 Å². The quantitative estimate of drug-likeness (QED) is 0.0257. The number of phenolic OH excluding ortho intramolecular Hbond substituents is 1. The minimum Gasteiger partial charge on any atom is -0.508 e. The molecule has 0 unspecified atom stereocenters. The van der Waals surface area contributed by atoms with E-state index in [2.05, 4.69) is 74.1 Å². The summed E-state index contributed by atoms with van der Waals surface area (Å²) in [6.07, 6.45) is -4.16. The van der Waals surface area contributed by atoms with Gasteiger partial charge in [0, 0.05) is 73.4 Å². The Bertz CT molecular complexity index is 3990. The predicted molar refractivity (Wildman–Crippen MR) is 408 cm³/mol. The first-order valence-electron chi connectivity index (χ1n) is 36.2. The molecule has 4 aromatic carbocycles. The fourth-order valence-corrected chi connectivity index (χ4v) is 14.2. The largest absolute Gasteiger partial charge is 0.508 e. The molecule has 110 heavy (non-hydrogen) atoms. The molecule has 5 aromatic rings. The second-order valence-electron chi connectivity index (χ2n) is 27.3. The van der Waals surface area contributed by atoms with E-state index in [-0.39, 0.29) is 62.6 Å². The molecule has 36 heteroatoms. The van der Waals surface area contributed by atoms with Gasteiger partial charge >= 0.3 is 5.97 Å². The van der Waals surface area contributed by atoms with Gasteiger partial charge in [0.25, 0.3) is 0 Å². The van der Waals surface area contributed by atoms with Crippen LogP contribution >= 0.6 is 21.6 Å². The Morgan fingerprint density at radius 2 is 1.05 bits per heavy atom. The number of para-hydroxylation sites is 1. The number of carbonyl (C=O) groups excluding carboxylic acids is 12. The highest BCUT2D eigenvalue weighted by atomic mass is 33.1. The van der Waals surface area contributed by atoms with E-state index < -0.39 is 200 Å². The number of H-pyrrole nitrogens is 1. The Morgan fingerprint density at radius 3 is 1.69 bits per heavy atom. The molecule has 0 aliphatic carbocycles. The van der Waals surface area contributed by atoms with Gasteiger partial charge in [-0.1, -0.05) is 120 Å². The van der Waals surface area contributed by atoms with E-state index in [0.29, 0.717) is 46.1 Å². The van der Waals surface area contributed by atoms with Crippen LogP contribution in [0.2, 0.25) is 0 Å². The number of aromatic amines is 1. The number of rotatable bonds is 21. The topological polar surface area (TPSA) is 547 Å². The highest BCUT2D eigenvalue weighted by molar-refractivity contribution is 8.76. The van der Waals surface area contributed by atoms with Crippen LogP contribution < -0.4 is 80.6 Å². The molecule has 2 aliphatic rings. The van der Waals surface area contributed by atoms with Crippen molar-refractivity contribution in [2.75, 3.05) is 31.2 Å². The second kappa shape index (κ2) is 43.3. The number of aromatic nitrogens is 1. The normalized spacial score (nSPS) is 24.3. The molecule has 14 atom stereocenters. The van der Waals surface area contributed by atoms with Gasteiger partial charge in [-0.05, 0) is 105 Å². The first-order valence-corrected chi connectivity index (χ1v) is 38.7. The van der Waals surface area contributed by atoms with Crippen molar-refractivity contribution in [2.45, 2.75) is 189 Å². The van der Waals surface area contributed by atoms with Gasteiger partial charge in [-0.25, -0.2) is 4.79 Å². The number of amides is 12. The van der Waals surface area contributed by atoms with E-state index in [9.17, 15) is 63.9 Å². The number of aromatic hydroxyl groups is 1. The standard InChI is InChI=1S/C74H100N16O18S2/c1-39(2)78-34-45-19-17-44(18-20-45)32-55-69(102)90-61(40(3)92)72(105)82-53-27-29-77-60(95)26-25-52(65(98)85-56(68(101)84-55)33-46-35-79-50-15-9-8-14-48(46)50)81-67(100)54(31-42-12-6-5-7-13-42)83-64(97)51(16-10-11-28-75)80-71(104)58(87-63(96)49(76)30-43-21-23-47(94)24-22-43)37-109-110-38-59(74(107)108)88-70(103)57(36-91)86-73(106)62(41(4)93)89-66(53)99/h5-9,12-15,17-24,35,39-41,49,51-59,61-62,78-79,91-94H,10-11,16,25-34,36-38,75-76H2,1-4H3,(H,77,95)(H,80,104)(H,81,100)(H,82,105)(H,83,97)(H,84,101)(H,85,98)(H,86,106)(H,87,96)(H,88,103)(H,89,99)(H,90,102)(H,107,108)/t40-,41-,49+,51+,52+,53+,54+,55+,56-,57+,58+,59+,61+,62+/m1/s1. The van der Waals surface area contributed by atoms with E-state index in [1.54, 1.807) is 85.1 Å². The first-order chi connectivity index (χ1) is 52.5. The zero-order valence-electron chi connectivity index (χ0n) is 61.4. The van der Waals surface area contributed by atoms with Crippen LogP contribution in [0, 0.1) is 0 Å². The fraction of sp³-hybridized carbons (Fsp3) is 0.473. The van der Waals surface area contributed by atoms with Crippen molar-refractivity contribution in [1.82, 2.24) is 74.1 Å². The molecule has 0 radical (unpaired) electrons. The van der Waals surface area contributed by atoms with Gasteiger partial charge in [0.2, 0.25) is 70.9 Å². The number of nitrogens with two attached hydrogens (primary N) is 2. The molecule has 2 bridgehead atoms. The molecule has 12 amide bonds. The number of phenols is 1. The van der Waals surface area contributed by atoms with Gasteiger partial charge in [-0.3, -0.25) is 57.5 Å². The number of nitrogens with one attached hydrogen (secondary N) is 14. The molecule has 2 saturated heterocycles. The first kappa shape index (κ1) is 87.0. The number of aliphatic carboxylic acids is 1. The molecular formula is C74H100N16O18S2. The van der Waals surface area contributed by atoms with Crippen LogP contribution in [0.25, 0.3) is 10.9 Å². The van der Waals surface area contributed by atoms with Crippen LogP contribution in [-0.2, 0) is 94.6 Å². The zero-order valence-corrected chi connectivity index (χ0v) is 63.0. The lowest BCUT2D eigenvalue weighted by molar-refractivity contribution is -0.142. The number of aliphatic hydroxyl groups excluding tert-OH is 3. The summed E-state index contributed by atoms with van der Waals surface area (Å²) in [5.41, 5.74) is 15.8. The molecule has 0 saturated carbocycles. The number of carboxylic acids is 1. The molecule has 1 aromatic heterocycles. The third-order valence-electron chi connectivity index (χ3n) is 18.2. The average Bonchev–Trinajstić information content (AvgIpc) is 1.63. The monoisotopic (exact) mass is 1560 g/mol. The van der Waals surface area contributed by atoms with Crippen LogP contribution in [0.5, 0.6) is 5.75 Å². The van der Waals surface area contributed by atoms with E-state index in [1.165, 1.54) is 24.3 Å². The summed E-state index contributed by atoms with van der Waals surface area (Å²) in [6.45, 7) is 5.08. The van der Waals surface area contributed by atoms with Crippen molar-refractivity contribution in [2.24, 2.45) is 11.5 Å². The number of hydrogen-bond donors (Lipinski definition) is 21. The Labute approximate surface area is 643 Å². The summed E-state index contributed by atoms with van der Waals surface area (Å²) in [6, 6.07) is 7.76. The van der Waals surface area contributed by atoms with Crippen LogP contribution in [0.1, 0.15) is 94.0 Å². The van der Waals surface area contributed by atoms with Gasteiger partial charge < -0.3 is 111 Å². The summed E-state index contributed by atoms with van der Waals surface area (Å²) in [7, 11) is 1.62. The smallest absolute Gasteiger partial charge is 0.327 e. The summed E-state index contributed by atoms with van der Waals surface area (Å²) < 4.78 is 0. The number of hydrogen-bond acceptors (Lipinski definition) is 22. The van der Waals surface area contributed by atoms with Crippen molar-refractivity contribution in [3.8, 4) is 5.75 Å². The summed E-state index contributed by atoms with van der Waals surface area (Å²) >= 11 is 0. The lowest BCUT2D eigenvalue weighted by Gasteiger charge is -2.29. The van der Waals surface area contributed by atoms with Crippen LogP contribution in [0.3, 0.4) is 0 Å². The Kier molecular flexibility index (Phi) is 34.2. The van der Waals surface area contributed by atoms with E-state index in [0.717, 1.165) is 41.0 Å². The van der Waals surface area contributed by atoms with Crippen molar-refractivity contribution >= 4 is 109 Å². The maximum Gasteiger partial charge on any atom is 0.327 e. The van der Waals surface area contributed by atoms with Crippen LogP contribution in [-0.4, -0.2) is 229 Å². The number of aliphatic hydroxyl groups is 3. The molecule has 2 fully saturated rings. The number of carbonyl (C=O) groups is 13. The molecule has 34 nitrogen and oxygen atoms in total. The van der Waals surface area contributed by atoms with Gasteiger partial charge in [0.15, 0.2) is 0 Å². The SMILES string of the molecule is CC(C)NCc1ccc(C[C@@H]2NC(=O)[C@@H](Cc3c[nH]c4ccccc34)NC(=O)[C@@H]3CCC(=O)NCC[C@H](NC(=O)[C@H]([C@@H](C)O)NC2=O)C(=O)N[C@@H]([C@@H](C)O)C(=O)N[C@@H](CO)C(=O)N[C@H](C(=O)O)CSSC[C@H](NC(=O)[C@@H](N)Cc2ccc(O)cc2)C(=O)N[C@@H](CCCCN)C(=O)N[C@@H](Cc2ccccc2)C(=O)N3)cc1. The maximum absolute atomic E-state index is 15.4. The minimum atomic E-state index is -2.03. The van der Waals surface area contributed by atoms with Crippen molar-refractivity contribution in [3.63, 3.8) is 0 Å². The van der Waals surface area contributed by atoms with Crippen molar-refractivity contribution in [3.05, 3.63) is 137 Å². The molecule has 2 aliphatic heterocycles. The van der Waals surface area contributed by atoms with Gasteiger partial charge in [-0.2, -0.15) is 0 Å². The maximum atomic E-state index is 15.4. The Balaban J connectivity index is 1.35. The predicted octanol–water partition coefficient (Wildman–Crippen LogP) is -3.04. The zero-order chi connectivity index (χ0) is 80.1. The third kappa shape index (κ3) is 27.1. The lowest BCUT2D eigenvalue weighted by atomic mass is 10.00. The molecule has 3 heterocycles.